The molecule has 0 bridgehead atoms. The van der Waals surface area contributed by atoms with Crippen molar-refractivity contribution < 1.29 is 32.9 Å². The molecule has 1 aromatic heterocycles. The third-order valence-electron chi connectivity index (χ3n) is 11.5. The van der Waals surface area contributed by atoms with Crippen LogP contribution in [0.2, 0.25) is 0 Å². The summed E-state index contributed by atoms with van der Waals surface area (Å²) in [6.07, 6.45) is 2.07. The van der Waals surface area contributed by atoms with Crippen LogP contribution in [0.5, 0.6) is 11.5 Å². The Morgan fingerprint density at radius 2 is 1.61 bits per heavy atom. The Kier molecular flexibility index (Phi) is 11.2. The van der Waals surface area contributed by atoms with Gasteiger partial charge < -0.3 is 29.1 Å². The maximum absolute atomic E-state index is 15.0. The largest absolute Gasteiger partial charge is 0.506 e. The molecule has 3 atom stereocenters. The number of fused-ring (bicyclic) bond motifs is 1. The first kappa shape index (κ1) is 41.1. The van der Waals surface area contributed by atoms with Crippen molar-refractivity contribution in [2.45, 2.75) is 43.3 Å². The number of aromatic nitrogens is 3. The van der Waals surface area contributed by atoms with Gasteiger partial charge in [-0.2, -0.15) is 5.10 Å². The molecule has 62 heavy (non-hydrogen) atoms. The Morgan fingerprint density at radius 3 is 2.29 bits per heavy atom. The molecule has 5 aromatic carbocycles. The van der Waals surface area contributed by atoms with Crippen LogP contribution in [0, 0.1) is 11.6 Å². The van der Waals surface area contributed by atoms with Crippen molar-refractivity contribution in [3.8, 4) is 11.5 Å². The molecular weight excluding hydrogens is 817 g/mol. The first-order chi connectivity index (χ1) is 30.0. The number of phenols is 1. The lowest BCUT2D eigenvalue weighted by Crippen LogP contribution is -2.46. The summed E-state index contributed by atoms with van der Waals surface area (Å²) in [6, 6.07) is 29.7. The molecule has 4 heterocycles. The number of halogens is 2. The number of phenolic OH excluding ortho intramolecular Hbond substituents is 1. The van der Waals surface area contributed by atoms with E-state index in [1.165, 1.54) is 29.5 Å². The number of aromatic hydroxyl groups is 1. The Morgan fingerprint density at radius 1 is 0.919 bits per heavy atom. The number of ether oxygens (including phenoxy) is 3. The maximum atomic E-state index is 15.0. The van der Waals surface area contributed by atoms with Gasteiger partial charge in [0.15, 0.2) is 6.29 Å². The summed E-state index contributed by atoms with van der Waals surface area (Å²) in [6.45, 7) is 7.37. The summed E-state index contributed by atoms with van der Waals surface area (Å²) in [7, 11) is 0. The number of thiol groups is 1. The average molecular weight is 862 g/mol. The van der Waals surface area contributed by atoms with Gasteiger partial charge in [0.25, 0.3) is 0 Å². The summed E-state index contributed by atoms with van der Waals surface area (Å²) in [4.78, 5) is 24.5. The number of nitrogens with zero attached hydrogens (tertiary/aromatic N) is 9. The van der Waals surface area contributed by atoms with Crippen molar-refractivity contribution in [2.24, 2.45) is 10.2 Å². The molecule has 9 rings (SSSR count). The Labute approximate surface area is 362 Å². The lowest BCUT2D eigenvalue weighted by molar-refractivity contribution is -0.117. The predicted octanol–water partition coefficient (Wildman–Crippen LogP) is 8.11. The van der Waals surface area contributed by atoms with Gasteiger partial charge in [0.2, 0.25) is 4.99 Å². The van der Waals surface area contributed by atoms with E-state index in [1.54, 1.807) is 15.9 Å². The molecule has 0 radical (unpaired) electrons. The topological polar surface area (TPSA) is 133 Å². The van der Waals surface area contributed by atoms with Gasteiger partial charge in [-0.1, -0.05) is 36.4 Å². The molecule has 3 aliphatic rings. The van der Waals surface area contributed by atoms with Crippen LogP contribution in [-0.2, 0) is 21.6 Å². The summed E-state index contributed by atoms with van der Waals surface area (Å²) in [5.74, 6) is -0.797. The highest BCUT2D eigenvalue weighted by molar-refractivity contribution is 7.81. The lowest BCUT2D eigenvalue weighted by Gasteiger charge is -2.37. The minimum absolute atomic E-state index is 0.00129. The van der Waals surface area contributed by atoms with Crippen molar-refractivity contribution in [3.63, 3.8) is 0 Å². The minimum atomic E-state index is -1.27. The van der Waals surface area contributed by atoms with E-state index in [1.807, 2.05) is 92.7 Å². The molecule has 0 spiro atoms. The second kappa shape index (κ2) is 16.9. The fourth-order valence-corrected chi connectivity index (χ4v) is 8.89. The van der Waals surface area contributed by atoms with Crippen LogP contribution in [-0.4, -0.2) is 94.1 Å². The summed E-state index contributed by atoms with van der Waals surface area (Å²) in [5.41, 5.74) is 2.08. The van der Waals surface area contributed by atoms with Gasteiger partial charge in [0.1, 0.15) is 53.7 Å². The second-order valence-electron chi connectivity index (χ2n) is 15.8. The van der Waals surface area contributed by atoms with Crippen LogP contribution in [0.15, 0.2) is 126 Å². The Hall–Kier alpha value is -6.30. The van der Waals surface area contributed by atoms with Crippen LogP contribution in [0.1, 0.15) is 19.4 Å². The van der Waals surface area contributed by atoms with E-state index < -0.39 is 28.5 Å². The molecular formula is C45H45F2N9O5S. The standard InChI is InChI=1S/C45H45F2N9O5S/c1-30(2)56-43(58)55(26-45(56,62)51-50-42-37-6-4-3-5-31(37)7-18-40(42)57)35-11-9-33(10-12-35)52-19-21-53(22-20-52)34-13-15-36(16-14-34)59-24-41-60-27-44(61-41,25-54-29-48-28-49-54)38-17-8-32(46)23-39(38)47/h3-18,23,28-30,41,57,62H,19-22,24-27H2,1-2H3/t41-,44+,45?/m0/s1. The van der Waals surface area contributed by atoms with Crippen molar-refractivity contribution in [1.82, 2.24) is 19.7 Å². The number of rotatable bonds is 12. The van der Waals surface area contributed by atoms with Crippen molar-refractivity contribution in [1.29, 1.82) is 0 Å². The molecule has 6 aromatic rings. The van der Waals surface area contributed by atoms with Gasteiger partial charge in [-0.3, -0.25) is 9.80 Å². The third kappa shape index (κ3) is 8.10. The van der Waals surface area contributed by atoms with Gasteiger partial charge in [0, 0.05) is 66.3 Å². The zero-order chi connectivity index (χ0) is 43.0. The zero-order valence-corrected chi connectivity index (χ0v) is 35.0. The average Bonchev–Trinajstić information content (AvgIpc) is 4.01. The molecule has 0 aliphatic carbocycles. The van der Waals surface area contributed by atoms with E-state index in [2.05, 4.69) is 30.1 Å². The Balaban J connectivity index is 0.796. The molecule has 3 aliphatic heterocycles. The Bertz CT molecular complexity index is 2580. The number of amides is 2. The molecule has 3 fully saturated rings. The van der Waals surface area contributed by atoms with Crippen molar-refractivity contribution in [2.75, 3.05) is 60.6 Å². The highest BCUT2D eigenvalue weighted by Gasteiger charge is 2.50. The number of azo groups is 1. The van der Waals surface area contributed by atoms with E-state index in [-0.39, 0.29) is 49.7 Å². The summed E-state index contributed by atoms with van der Waals surface area (Å²) < 4.78 is 48.5. The second-order valence-corrected chi connectivity index (χ2v) is 16.5. The van der Waals surface area contributed by atoms with Gasteiger partial charge in [-0.05, 0) is 79.9 Å². The first-order valence-electron chi connectivity index (χ1n) is 20.4. The highest BCUT2D eigenvalue weighted by Crippen LogP contribution is 2.41. The highest BCUT2D eigenvalue weighted by atomic mass is 32.1. The minimum Gasteiger partial charge on any atom is -0.506 e. The third-order valence-corrected chi connectivity index (χ3v) is 11.9. The SMILES string of the molecule is CC(C)N1C(=O)N(c2ccc(N3CCN(c4ccc(OC[C@H]5OC[C@](Cn6cncn6)(c6ccc(F)cc6F)O5)cc4)CC3)cc2)CC1(S)N=Nc1c(O)ccc2ccccc12. The molecule has 1 N–H and O–H groups in total. The quantitative estimate of drug-likeness (QED) is 0.0925. The molecule has 3 saturated heterocycles. The zero-order valence-electron chi connectivity index (χ0n) is 34.1. The number of carbonyl (C=O) groups is 1. The van der Waals surface area contributed by atoms with E-state index >= 15 is 0 Å². The van der Waals surface area contributed by atoms with E-state index in [9.17, 15) is 18.7 Å². The predicted molar refractivity (Wildman–Crippen MR) is 233 cm³/mol. The lowest BCUT2D eigenvalue weighted by atomic mass is 9.94. The van der Waals surface area contributed by atoms with Crippen LogP contribution in [0.4, 0.5) is 36.3 Å². The number of piperazine rings is 1. The number of anilines is 3. The molecule has 2 amide bonds. The van der Waals surface area contributed by atoms with Crippen molar-refractivity contribution >= 4 is 52.2 Å². The maximum Gasteiger partial charge on any atom is 0.327 e. The number of benzene rings is 5. The van der Waals surface area contributed by atoms with Crippen LogP contribution < -0.4 is 19.4 Å². The van der Waals surface area contributed by atoms with Gasteiger partial charge in [-0.15, -0.1) is 22.9 Å². The van der Waals surface area contributed by atoms with Gasteiger partial charge >= 0.3 is 6.03 Å². The fourth-order valence-electron chi connectivity index (χ4n) is 8.39. The fraction of sp³-hybridized carbons (Fsp3) is 0.311. The first-order valence-corrected chi connectivity index (χ1v) is 20.8. The van der Waals surface area contributed by atoms with Gasteiger partial charge in [-0.25, -0.2) is 23.2 Å². The molecule has 14 nitrogen and oxygen atoms in total. The molecule has 1 unspecified atom stereocenters. The molecule has 17 heteroatoms. The van der Waals surface area contributed by atoms with E-state index in [0.717, 1.165) is 60.1 Å². The van der Waals surface area contributed by atoms with Crippen LogP contribution >= 0.6 is 12.6 Å². The normalized spacial score (nSPS) is 21.9. The number of urea groups is 1. The van der Waals surface area contributed by atoms with Crippen molar-refractivity contribution in [3.05, 3.63) is 133 Å². The number of carbonyl (C=O) groups excluding carboxylic acids is 1. The summed E-state index contributed by atoms with van der Waals surface area (Å²) >= 11 is 4.92. The van der Waals surface area contributed by atoms with Crippen LogP contribution in [0.25, 0.3) is 10.8 Å². The van der Waals surface area contributed by atoms with Gasteiger partial charge in [0.05, 0.1) is 19.7 Å². The molecule has 0 saturated carbocycles. The van der Waals surface area contributed by atoms with E-state index in [0.29, 0.717) is 11.4 Å². The smallest absolute Gasteiger partial charge is 0.327 e. The number of hydrogen-bond acceptors (Lipinski definition) is 12. The number of hydrogen-bond donors (Lipinski definition) is 2. The molecule has 320 valence electrons. The summed E-state index contributed by atoms with van der Waals surface area (Å²) in [5, 5.41) is 25.5. The van der Waals surface area contributed by atoms with E-state index in [4.69, 9.17) is 26.8 Å². The van der Waals surface area contributed by atoms with Crippen LogP contribution in [0.3, 0.4) is 0 Å². The monoisotopic (exact) mass is 861 g/mol.